The van der Waals surface area contributed by atoms with Gasteiger partial charge in [0.1, 0.15) is 0 Å². The van der Waals surface area contributed by atoms with Crippen LogP contribution >= 0.6 is 0 Å². The summed E-state index contributed by atoms with van der Waals surface area (Å²) in [4.78, 5) is 12.0. The van der Waals surface area contributed by atoms with Crippen molar-refractivity contribution in [2.24, 2.45) is 5.92 Å². The minimum absolute atomic E-state index is 0.173. The molecule has 17 heavy (non-hydrogen) atoms. The number of hydrogen-bond donors (Lipinski definition) is 2. The van der Waals surface area contributed by atoms with Gasteiger partial charge in [-0.3, -0.25) is 4.79 Å². The van der Waals surface area contributed by atoms with E-state index in [9.17, 15) is 9.90 Å². The van der Waals surface area contributed by atoms with Crippen LogP contribution in [0, 0.1) is 5.92 Å². The first-order valence-electron chi connectivity index (χ1n) is 7.20. The molecule has 3 heteroatoms. The Morgan fingerprint density at radius 2 is 1.65 bits per heavy atom. The molecule has 0 aromatic carbocycles. The van der Waals surface area contributed by atoms with Crippen molar-refractivity contribution in [2.45, 2.75) is 69.8 Å². The van der Waals surface area contributed by atoms with Gasteiger partial charge in [-0.2, -0.15) is 0 Å². The van der Waals surface area contributed by atoms with E-state index in [1.165, 1.54) is 32.1 Å². The van der Waals surface area contributed by atoms with Crippen molar-refractivity contribution in [1.29, 1.82) is 0 Å². The lowest BCUT2D eigenvalue weighted by Crippen LogP contribution is -2.49. The Bertz CT molecular complexity index is 253. The van der Waals surface area contributed by atoms with Crippen LogP contribution in [-0.2, 0) is 4.79 Å². The Morgan fingerprint density at radius 3 is 2.18 bits per heavy atom. The van der Waals surface area contributed by atoms with Gasteiger partial charge in [-0.1, -0.05) is 32.1 Å². The lowest BCUT2D eigenvalue weighted by Gasteiger charge is -2.37. The van der Waals surface area contributed by atoms with Crippen LogP contribution in [0.2, 0.25) is 0 Å². The van der Waals surface area contributed by atoms with E-state index >= 15 is 0 Å². The molecule has 0 radical (unpaired) electrons. The van der Waals surface area contributed by atoms with Crippen LogP contribution in [-0.4, -0.2) is 23.2 Å². The van der Waals surface area contributed by atoms with Crippen molar-refractivity contribution in [3.8, 4) is 0 Å². The second-order valence-electron chi connectivity index (χ2n) is 5.84. The number of carbonyl (C=O) groups excluding carboxylic acids is 1. The first kappa shape index (κ1) is 12.9. The molecule has 2 rings (SSSR count). The summed E-state index contributed by atoms with van der Waals surface area (Å²) in [5.41, 5.74) is -0.586. The Labute approximate surface area is 104 Å². The van der Waals surface area contributed by atoms with Gasteiger partial charge in [-0.05, 0) is 32.1 Å². The molecule has 1 amide bonds. The normalized spacial score (nSPS) is 25.5. The number of aliphatic hydroxyl groups is 1. The van der Waals surface area contributed by atoms with Gasteiger partial charge in [-0.25, -0.2) is 0 Å². The van der Waals surface area contributed by atoms with Crippen LogP contribution in [0.4, 0.5) is 0 Å². The van der Waals surface area contributed by atoms with Gasteiger partial charge in [0.05, 0.1) is 5.60 Å². The topological polar surface area (TPSA) is 49.3 Å². The van der Waals surface area contributed by atoms with Crippen LogP contribution in [0.1, 0.15) is 64.2 Å². The maximum absolute atomic E-state index is 12.0. The molecular formula is C14H25NO2. The average Bonchev–Trinajstić information content (AvgIpc) is 2.23. The standard InChI is InChI=1S/C14H25NO2/c16-13(15-11-14(17)9-6-10-14)12-7-4-2-1-3-5-8-12/h12,17H,1-11H2,(H,15,16). The van der Waals surface area contributed by atoms with E-state index in [-0.39, 0.29) is 11.8 Å². The first-order chi connectivity index (χ1) is 8.20. The van der Waals surface area contributed by atoms with Crippen molar-refractivity contribution >= 4 is 5.91 Å². The summed E-state index contributed by atoms with van der Waals surface area (Å²) in [6.45, 7) is 0.461. The number of rotatable bonds is 3. The van der Waals surface area contributed by atoms with E-state index in [0.29, 0.717) is 6.54 Å². The molecule has 2 saturated carbocycles. The molecule has 0 aliphatic heterocycles. The van der Waals surface area contributed by atoms with Gasteiger partial charge in [0.25, 0.3) is 0 Å². The van der Waals surface area contributed by atoms with Crippen LogP contribution in [0.5, 0.6) is 0 Å². The highest BCUT2D eigenvalue weighted by atomic mass is 16.3. The molecule has 2 fully saturated rings. The lowest BCUT2D eigenvalue weighted by atomic mass is 9.80. The van der Waals surface area contributed by atoms with Crippen molar-refractivity contribution in [1.82, 2.24) is 5.32 Å². The molecule has 0 unspecified atom stereocenters. The predicted octanol–water partition coefficient (Wildman–Crippen LogP) is 2.38. The summed E-state index contributed by atoms with van der Waals surface area (Å²) < 4.78 is 0. The Hall–Kier alpha value is -0.570. The molecule has 0 saturated heterocycles. The summed E-state index contributed by atoms with van der Waals surface area (Å²) in [6.07, 6.45) is 11.1. The van der Waals surface area contributed by atoms with Crippen molar-refractivity contribution in [2.75, 3.05) is 6.54 Å². The highest BCUT2D eigenvalue weighted by molar-refractivity contribution is 5.78. The molecule has 0 aromatic rings. The number of nitrogens with one attached hydrogen (secondary N) is 1. The fraction of sp³-hybridized carbons (Fsp3) is 0.929. The minimum Gasteiger partial charge on any atom is -0.388 e. The molecule has 0 atom stereocenters. The molecule has 98 valence electrons. The van der Waals surface area contributed by atoms with Gasteiger partial charge >= 0.3 is 0 Å². The highest BCUT2D eigenvalue weighted by Gasteiger charge is 2.35. The third kappa shape index (κ3) is 3.70. The van der Waals surface area contributed by atoms with E-state index in [1.54, 1.807) is 0 Å². The number of amides is 1. The fourth-order valence-corrected chi connectivity index (χ4v) is 2.88. The smallest absolute Gasteiger partial charge is 0.223 e. The summed E-state index contributed by atoms with van der Waals surface area (Å²) >= 11 is 0. The van der Waals surface area contributed by atoms with Gasteiger partial charge in [0, 0.05) is 12.5 Å². The van der Waals surface area contributed by atoms with Crippen LogP contribution < -0.4 is 5.32 Å². The highest BCUT2D eigenvalue weighted by Crippen LogP contribution is 2.31. The third-order valence-electron chi connectivity index (χ3n) is 4.35. The zero-order chi connectivity index (χ0) is 12.1. The maximum atomic E-state index is 12.0. The van der Waals surface area contributed by atoms with Crippen LogP contribution in [0.15, 0.2) is 0 Å². The SMILES string of the molecule is O=C(NCC1(O)CCC1)C1CCCCCCC1. The Balaban J connectivity index is 1.73. The number of hydrogen-bond acceptors (Lipinski definition) is 2. The number of carbonyl (C=O) groups is 1. The summed E-state index contributed by atoms with van der Waals surface area (Å²) in [6, 6.07) is 0. The van der Waals surface area contributed by atoms with Crippen molar-refractivity contribution in [3.63, 3.8) is 0 Å². The first-order valence-corrected chi connectivity index (χ1v) is 7.20. The maximum Gasteiger partial charge on any atom is 0.223 e. The van der Waals surface area contributed by atoms with Gasteiger partial charge in [-0.15, -0.1) is 0 Å². The minimum atomic E-state index is -0.586. The van der Waals surface area contributed by atoms with E-state index in [0.717, 1.165) is 32.1 Å². The van der Waals surface area contributed by atoms with Gasteiger partial charge < -0.3 is 10.4 Å². The molecule has 0 heterocycles. The van der Waals surface area contributed by atoms with E-state index in [2.05, 4.69) is 5.32 Å². The van der Waals surface area contributed by atoms with Crippen molar-refractivity contribution in [3.05, 3.63) is 0 Å². The molecule has 0 aromatic heterocycles. The van der Waals surface area contributed by atoms with Crippen molar-refractivity contribution < 1.29 is 9.90 Å². The third-order valence-corrected chi connectivity index (χ3v) is 4.35. The van der Waals surface area contributed by atoms with Crippen LogP contribution in [0.25, 0.3) is 0 Å². The Kier molecular flexibility index (Phi) is 4.43. The van der Waals surface area contributed by atoms with E-state index in [4.69, 9.17) is 0 Å². The van der Waals surface area contributed by atoms with E-state index < -0.39 is 5.60 Å². The Morgan fingerprint density at radius 1 is 1.06 bits per heavy atom. The summed E-state index contributed by atoms with van der Waals surface area (Å²) in [5.74, 6) is 0.367. The molecular weight excluding hydrogens is 214 g/mol. The summed E-state index contributed by atoms with van der Waals surface area (Å²) in [5, 5.41) is 12.9. The van der Waals surface area contributed by atoms with Crippen LogP contribution in [0.3, 0.4) is 0 Å². The molecule has 0 spiro atoms. The lowest BCUT2D eigenvalue weighted by molar-refractivity contribution is -0.128. The molecule has 2 aliphatic carbocycles. The molecule has 0 bridgehead atoms. The monoisotopic (exact) mass is 239 g/mol. The zero-order valence-electron chi connectivity index (χ0n) is 10.7. The molecule has 2 aliphatic rings. The molecule has 2 N–H and O–H groups in total. The molecule has 3 nitrogen and oxygen atoms in total. The quantitative estimate of drug-likeness (QED) is 0.794. The second kappa shape index (κ2) is 5.85. The largest absolute Gasteiger partial charge is 0.388 e. The van der Waals surface area contributed by atoms with Gasteiger partial charge in [0.15, 0.2) is 0 Å². The summed E-state index contributed by atoms with van der Waals surface area (Å²) in [7, 11) is 0. The van der Waals surface area contributed by atoms with E-state index in [1.807, 2.05) is 0 Å². The predicted molar refractivity (Wildman–Crippen MR) is 67.6 cm³/mol. The van der Waals surface area contributed by atoms with Gasteiger partial charge in [0.2, 0.25) is 5.91 Å². The fourth-order valence-electron chi connectivity index (χ4n) is 2.88. The zero-order valence-corrected chi connectivity index (χ0v) is 10.7. The average molecular weight is 239 g/mol. The second-order valence-corrected chi connectivity index (χ2v) is 5.84.